The molecule has 5 nitrogen and oxygen atoms in total. The highest BCUT2D eigenvalue weighted by atomic mass is 32.2. The van der Waals surface area contributed by atoms with Crippen molar-refractivity contribution < 1.29 is 8.42 Å². The van der Waals surface area contributed by atoms with Crippen LogP contribution in [0.2, 0.25) is 0 Å². The number of aryl methyl sites for hydroxylation is 1. The van der Waals surface area contributed by atoms with Gasteiger partial charge in [0.25, 0.3) is 0 Å². The Balaban J connectivity index is 1.93. The lowest BCUT2D eigenvalue weighted by molar-refractivity contribution is 0.600. The minimum Gasteiger partial charge on any atom is -0.294 e. The SMILES string of the molecule is CCCS(=O)(=O)Nc1cccc(-c2cn3c(C)csc3n2)c1. The zero-order valence-corrected chi connectivity index (χ0v) is 14.0. The van der Waals surface area contributed by atoms with Gasteiger partial charge in [-0.1, -0.05) is 19.1 Å². The number of nitrogens with zero attached hydrogens (tertiary/aromatic N) is 2. The molecule has 0 amide bonds. The quantitative estimate of drug-likeness (QED) is 0.776. The van der Waals surface area contributed by atoms with Crippen molar-refractivity contribution in [1.82, 2.24) is 9.38 Å². The molecule has 0 aliphatic heterocycles. The Hall–Kier alpha value is -1.86. The van der Waals surface area contributed by atoms with Crippen LogP contribution in [0.5, 0.6) is 0 Å². The maximum Gasteiger partial charge on any atom is 0.232 e. The van der Waals surface area contributed by atoms with Gasteiger partial charge < -0.3 is 0 Å². The Morgan fingerprint density at radius 3 is 2.91 bits per heavy atom. The average Bonchev–Trinajstić information content (AvgIpc) is 3.01. The van der Waals surface area contributed by atoms with Crippen molar-refractivity contribution in [3.05, 3.63) is 41.5 Å². The molecular weight excluding hydrogens is 318 g/mol. The molecule has 3 rings (SSSR count). The van der Waals surface area contributed by atoms with Gasteiger partial charge in [-0.2, -0.15) is 0 Å². The van der Waals surface area contributed by atoms with E-state index in [1.165, 1.54) is 0 Å². The minimum absolute atomic E-state index is 0.122. The van der Waals surface area contributed by atoms with E-state index in [-0.39, 0.29) is 5.75 Å². The largest absolute Gasteiger partial charge is 0.294 e. The number of benzene rings is 1. The predicted octanol–water partition coefficient (Wildman–Crippen LogP) is 3.52. The molecule has 0 saturated carbocycles. The van der Waals surface area contributed by atoms with Crippen LogP contribution in [-0.4, -0.2) is 23.6 Å². The van der Waals surface area contributed by atoms with Crippen molar-refractivity contribution in [3.63, 3.8) is 0 Å². The highest BCUT2D eigenvalue weighted by molar-refractivity contribution is 7.92. The van der Waals surface area contributed by atoms with Crippen molar-refractivity contribution in [3.8, 4) is 11.3 Å². The van der Waals surface area contributed by atoms with Crippen LogP contribution in [0.15, 0.2) is 35.8 Å². The molecule has 1 N–H and O–H groups in total. The number of anilines is 1. The van der Waals surface area contributed by atoms with E-state index in [1.807, 2.05) is 42.6 Å². The Labute approximate surface area is 133 Å². The average molecular weight is 335 g/mol. The standard InChI is InChI=1S/C15H17N3O2S2/c1-3-7-22(19,20)17-13-6-4-5-12(8-13)14-9-18-11(2)10-21-15(18)16-14/h4-6,8-10,17H,3,7H2,1-2H3. The van der Waals surface area contributed by atoms with Gasteiger partial charge in [0, 0.05) is 28.5 Å². The monoisotopic (exact) mass is 335 g/mol. The first-order valence-corrected chi connectivity index (χ1v) is 9.56. The van der Waals surface area contributed by atoms with E-state index in [4.69, 9.17) is 0 Å². The van der Waals surface area contributed by atoms with Crippen LogP contribution in [0.4, 0.5) is 5.69 Å². The smallest absolute Gasteiger partial charge is 0.232 e. The molecule has 0 radical (unpaired) electrons. The number of rotatable bonds is 5. The summed E-state index contributed by atoms with van der Waals surface area (Å²) in [6.45, 7) is 3.88. The van der Waals surface area contributed by atoms with Crippen LogP contribution in [0.25, 0.3) is 16.2 Å². The molecule has 0 bridgehead atoms. The van der Waals surface area contributed by atoms with Gasteiger partial charge in [-0.25, -0.2) is 13.4 Å². The number of sulfonamides is 1. The molecule has 2 aromatic heterocycles. The van der Waals surface area contributed by atoms with E-state index in [0.29, 0.717) is 12.1 Å². The summed E-state index contributed by atoms with van der Waals surface area (Å²) in [5.41, 5.74) is 3.44. The number of hydrogen-bond donors (Lipinski definition) is 1. The Kier molecular flexibility index (Phi) is 3.92. The molecule has 2 heterocycles. The highest BCUT2D eigenvalue weighted by Crippen LogP contribution is 2.25. The van der Waals surface area contributed by atoms with E-state index in [1.54, 1.807) is 17.4 Å². The summed E-state index contributed by atoms with van der Waals surface area (Å²) >= 11 is 1.59. The molecule has 7 heteroatoms. The number of hydrogen-bond acceptors (Lipinski definition) is 4. The number of aromatic nitrogens is 2. The van der Waals surface area contributed by atoms with E-state index in [0.717, 1.165) is 21.9 Å². The Morgan fingerprint density at radius 1 is 1.36 bits per heavy atom. The van der Waals surface area contributed by atoms with Crippen molar-refractivity contribution in [2.75, 3.05) is 10.5 Å². The summed E-state index contributed by atoms with van der Waals surface area (Å²) in [6, 6.07) is 7.33. The van der Waals surface area contributed by atoms with Gasteiger partial charge in [0.2, 0.25) is 10.0 Å². The van der Waals surface area contributed by atoms with E-state index in [9.17, 15) is 8.42 Å². The highest BCUT2D eigenvalue weighted by Gasteiger charge is 2.11. The first kappa shape index (κ1) is 15.1. The number of fused-ring (bicyclic) bond motifs is 1. The van der Waals surface area contributed by atoms with Crippen LogP contribution < -0.4 is 4.72 Å². The summed E-state index contributed by atoms with van der Waals surface area (Å²) in [7, 11) is -3.28. The molecule has 0 fully saturated rings. The van der Waals surface area contributed by atoms with Gasteiger partial charge >= 0.3 is 0 Å². The lowest BCUT2D eigenvalue weighted by Crippen LogP contribution is -2.15. The molecule has 3 aromatic rings. The van der Waals surface area contributed by atoms with E-state index in [2.05, 4.69) is 15.1 Å². The lowest BCUT2D eigenvalue weighted by atomic mass is 10.1. The van der Waals surface area contributed by atoms with Gasteiger partial charge in [0.15, 0.2) is 4.96 Å². The molecule has 0 unspecified atom stereocenters. The van der Waals surface area contributed by atoms with Crippen LogP contribution in [0.3, 0.4) is 0 Å². The fraction of sp³-hybridized carbons (Fsp3) is 0.267. The number of nitrogens with one attached hydrogen (secondary N) is 1. The number of thiazole rings is 1. The normalized spacial score (nSPS) is 11.9. The van der Waals surface area contributed by atoms with Crippen LogP contribution >= 0.6 is 11.3 Å². The van der Waals surface area contributed by atoms with Crippen LogP contribution in [-0.2, 0) is 10.0 Å². The second-order valence-electron chi connectivity index (χ2n) is 5.16. The minimum atomic E-state index is -3.28. The van der Waals surface area contributed by atoms with Crippen molar-refractivity contribution in [1.29, 1.82) is 0 Å². The summed E-state index contributed by atoms with van der Waals surface area (Å²) in [5.74, 6) is 0.122. The first-order valence-electron chi connectivity index (χ1n) is 7.02. The third-order valence-electron chi connectivity index (χ3n) is 3.29. The fourth-order valence-electron chi connectivity index (χ4n) is 2.27. The van der Waals surface area contributed by atoms with Crippen LogP contribution in [0, 0.1) is 6.92 Å². The molecule has 116 valence electrons. The topological polar surface area (TPSA) is 63.5 Å². The van der Waals surface area contributed by atoms with Gasteiger partial charge in [0.1, 0.15) is 0 Å². The predicted molar refractivity (Wildman–Crippen MR) is 90.9 cm³/mol. The summed E-state index contributed by atoms with van der Waals surface area (Å²) in [4.78, 5) is 5.52. The third-order valence-corrected chi connectivity index (χ3v) is 5.74. The third kappa shape index (κ3) is 3.00. The molecule has 0 saturated heterocycles. The number of imidazole rings is 1. The summed E-state index contributed by atoms with van der Waals surface area (Å²) < 4.78 is 28.4. The maximum atomic E-state index is 11.9. The van der Waals surface area contributed by atoms with Gasteiger partial charge in [-0.3, -0.25) is 9.12 Å². The summed E-state index contributed by atoms with van der Waals surface area (Å²) in [5, 5.41) is 2.06. The Morgan fingerprint density at radius 2 is 2.18 bits per heavy atom. The molecule has 0 spiro atoms. The van der Waals surface area contributed by atoms with Crippen molar-refractivity contribution >= 4 is 32.0 Å². The molecule has 22 heavy (non-hydrogen) atoms. The molecule has 0 aliphatic carbocycles. The zero-order valence-electron chi connectivity index (χ0n) is 12.4. The molecule has 0 atom stereocenters. The summed E-state index contributed by atoms with van der Waals surface area (Å²) in [6.07, 6.45) is 2.56. The Bertz CT molecular complexity index is 910. The van der Waals surface area contributed by atoms with Gasteiger partial charge in [-0.15, -0.1) is 11.3 Å². The first-order chi connectivity index (χ1) is 10.5. The van der Waals surface area contributed by atoms with Crippen molar-refractivity contribution in [2.45, 2.75) is 20.3 Å². The lowest BCUT2D eigenvalue weighted by Gasteiger charge is -2.07. The molecule has 0 aliphatic rings. The van der Waals surface area contributed by atoms with Crippen LogP contribution in [0.1, 0.15) is 19.0 Å². The van der Waals surface area contributed by atoms with Gasteiger partial charge in [0.05, 0.1) is 11.4 Å². The van der Waals surface area contributed by atoms with E-state index < -0.39 is 10.0 Å². The fourth-order valence-corrected chi connectivity index (χ4v) is 4.25. The van der Waals surface area contributed by atoms with E-state index >= 15 is 0 Å². The van der Waals surface area contributed by atoms with Gasteiger partial charge in [-0.05, 0) is 25.5 Å². The zero-order chi connectivity index (χ0) is 15.7. The molecule has 1 aromatic carbocycles. The maximum absolute atomic E-state index is 11.9. The van der Waals surface area contributed by atoms with Crippen molar-refractivity contribution in [2.24, 2.45) is 0 Å². The molecular formula is C15H17N3O2S2. The second-order valence-corrected chi connectivity index (χ2v) is 7.84. The second kappa shape index (κ2) is 5.73.